The third-order valence-corrected chi connectivity index (χ3v) is 5.87. The van der Waals surface area contributed by atoms with Crippen molar-refractivity contribution in [3.8, 4) is 0 Å². The van der Waals surface area contributed by atoms with E-state index in [1.807, 2.05) is 12.1 Å². The van der Waals surface area contributed by atoms with E-state index < -0.39 is 37.0 Å². The number of carboxylic acid groups (broad SMARTS) is 3. The molecule has 1 unspecified atom stereocenters. The quantitative estimate of drug-likeness (QED) is 0.211. The van der Waals surface area contributed by atoms with Gasteiger partial charge < -0.3 is 19.9 Å². The Bertz CT molecular complexity index is 718. The first-order chi connectivity index (χ1) is 16.3. The van der Waals surface area contributed by atoms with E-state index in [-0.39, 0.29) is 12.2 Å². The number of hydrogen-bond donors (Lipinski definition) is 3. The van der Waals surface area contributed by atoms with E-state index in [2.05, 4.69) is 17.0 Å². The Morgan fingerprint density at radius 3 is 1.65 bits per heavy atom. The van der Waals surface area contributed by atoms with Crippen LogP contribution in [-0.4, -0.2) is 67.6 Å². The summed E-state index contributed by atoms with van der Waals surface area (Å²) in [5, 5.41) is 27.2. The summed E-state index contributed by atoms with van der Waals surface area (Å²) in [7, 11) is 0. The predicted molar refractivity (Wildman–Crippen MR) is 128 cm³/mol. The van der Waals surface area contributed by atoms with Crippen molar-refractivity contribution in [2.24, 2.45) is 0 Å². The molecule has 0 aliphatic heterocycles. The van der Waals surface area contributed by atoms with Crippen molar-refractivity contribution in [1.29, 1.82) is 0 Å². The van der Waals surface area contributed by atoms with Gasteiger partial charge in [0.25, 0.3) is 0 Å². The number of rotatable bonds is 22. The normalized spacial score (nSPS) is 12.0. The Morgan fingerprint density at radius 1 is 0.676 bits per heavy atom. The lowest BCUT2D eigenvalue weighted by Crippen LogP contribution is -2.46. The molecule has 0 saturated heterocycles. The molecule has 0 amide bonds. The van der Waals surface area contributed by atoms with Crippen molar-refractivity contribution in [3.63, 3.8) is 0 Å². The van der Waals surface area contributed by atoms with Crippen LogP contribution < -0.4 is 0 Å². The molecule has 0 bridgehead atoms. The first kappa shape index (κ1) is 29.4. The number of unbranched alkanes of at least 4 members (excludes halogenated alkanes) is 8. The number of carbonyl (C=O) groups excluding carboxylic acids is 1. The van der Waals surface area contributed by atoms with Crippen molar-refractivity contribution in [2.75, 3.05) is 13.1 Å². The fourth-order valence-corrected chi connectivity index (χ4v) is 4.07. The lowest BCUT2D eigenvalue weighted by molar-refractivity contribution is -0.149. The minimum Gasteiger partial charge on any atom is -0.480 e. The Hall–Kier alpha value is -2.68. The van der Waals surface area contributed by atoms with Crippen LogP contribution in [0.4, 0.5) is 0 Å². The minimum atomic E-state index is -1.28. The van der Waals surface area contributed by atoms with Gasteiger partial charge >= 0.3 is 17.9 Å². The average molecular weight is 481 g/mol. The summed E-state index contributed by atoms with van der Waals surface area (Å²) in [5.74, 6) is -3.66. The number of carbonyl (C=O) groups is 4. The molecule has 192 valence electrons. The topological polar surface area (TPSA) is 137 Å². The Morgan fingerprint density at radius 2 is 1.15 bits per heavy atom. The van der Waals surface area contributed by atoms with E-state index in [0.29, 0.717) is 25.7 Å². The molecule has 0 saturated carbocycles. The fourth-order valence-electron chi connectivity index (χ4n) is 4.07. The van der Waals surface area contributed by atoms with Gasteiger partial charge in [-0.3, -0.25) is 24.1 Å². The second kappa shape index (κ2) is 17.8. The van der Waals surface area contributed by atoms with Gasteiger partial charge in [0.1, 0.15) is 11.8 Å². The van der Waals surface area contributed by atoms with Crippen molar-refractivity contribution < 1.29 is 34.5 Å². The summed E-state index contributed by atoms with van der Waals surface area (Å²) in [5.41, 5.74) is 0. The van der Waals surface area contributed by atoms with Crippen molar-refractivity contribution in [2.45, 2.75) is 96.1 Å². The highest BCUT2D eigenvalue weighted by Crippen LogP contribution is 2.14. The summed E-state index contributed by atoms with van der Waals surface area (Å²) in [4.78, 5) is 46.3. The summed E-state index contributed by atoms with van der Waals surface area (Å²) in [6.45, 7) is -0.235. The molecule has 0 radical (unpaired) electrons. The molecule has 3 N–H and O–H groups in total. The van der Waals surface area contributed by atoms with Gasteiger partial charge in [0.15, 0.2) is 0 Å². The van der Waals surface area contributed by atoms with Gasteiger partial charge in [-0.2, -0.15) is 0 Å². The Kier molecular flexibility index (Phi) is 15.3. The van der Waals surface area contributed by atoms with Crippen LogP contribution in [0.1, 0.15) is 83.5 Å². The second-order valence-corrected chi connectivity index (χ2v) is 8.83. The van der Waals surface area contributed by atoms with Crippen LogP contribution in [-0.2, 0) is 25.7 Å². The lowest BCUT2D eigenvalue weighted by Gasteiger charge is -2.25. The van der Waals surface area contributed by atoms with Crippen molar-refractivity contribution in [3.05, 3.63) is 24.5 Å². The lowest BCUT2D eigenvalue weighted by atomic mass is 10.0. The highest BCUT2D eigenvalue weighted by molar-refractivity contribution is 5.79. The van der Waals surface area contributed by atoms with Crippen molar-refractivity contribution >= 4 is 23.7 Å². The van der Waals surface area contributed by atoms with E-state index in [1.54, 1.807) is 0 Å². The first-order valence-electron chi connectivity index (χ1n) is 12.3. The molecule has 1 aromatic heterocycles. The molecule has 1 aromatic rings. The molecular weight excluding hydrogens is 440 g/mol. The predicted octanol–water partition coefficient (Wildman–Crippen LogP) is 4.05. The third-order valence-electron chi connectivity index (χ3n) is 5.87. The number of carboxylic acids is 3. The number of Topliss-reactive ketones (excluding diaryl/α,β-unsaturated/α-hetero) is 1. The molecule has 1 heterocycles. The Balaban J connectivity index is 2.07. The zero-order valence-corrected chi connectivity index (χ0v) is 20.1. The Labute approximate surface area is 201 Å². The summed E-state index contributed by atoms with van der Waals surface area (Å²) < 4.78 is 2.20. The van der Waals surface area contributed by atoms with Crippen LogP contribution in [0.25, 0.3) is 0 Å². The molecule has 0 aromatic carbocycles. The van der Waals surface area contributed by atoms with Gasteiger partial charge in [0, 0.05) is 31.8 Å². The summed E-state index contributed by atoms with van der Waals surface area (Å²) in [6.07, 6.45) is 15.3. The number of aryl methyl sites for hydroxylation is 1. The summed E-state index contributed by atoms with van der Waals surface area (Å²) >= 11 is 0. The number of nitrogens with zero attached hydrogens (tertiary/aromatic N) is 2. The van der Waals surface area contributed by atoms with Crippen LogP contribution in [0, 0.1) is 0 Å². The van der Waals surface area contributed by atoms with Crippen LogP contribution in [0.2, 0.25) is 0 Å². The number of hydrogen-bond acceptors (Lipinski definition) is 5. The van der Waals surface area contributed by atoms with Crippen LogP contribution in [0.3, 0.4) is 0 Å². The molecule has 1 rings (SSSR count). The molecular formula is C25H40N2O7. The molecule has 9 nitrogen and oxygen atoms in total. The van der Waals surface area contributed by atoms with E-state index in [0.717, 1.165) is 30.7 Å². The van der Waals surface area contributed by atoms with Gasteiger partial charge in [0.05, 0.1) is 13.1 Å². The van der Waals surface area contributed by atoms with Gasteiger partial charge in [-0.25, -0.2) is 0 Å². The maximum Gasteiger partial charge on any atom is 0.320 e. The van der Waals surface area contributed by atoms with Crippen LogP contribution in [0.5, 0.6) is 0 Å². The standard InChI is InChI=1S/C25H40N2O7/c28-21(13-7-5-3-1-2-4-6-10-16-26-17-11-12-18-26)14-8-9-15-22(25(33)34)27(19-23(29)30)20-24(31)32/h11-12,17-18,22H,1-10,13-16,19-20H2,(H,29,30)(H,31,32)(H,33,34). The van der Waals surface area contributed by atoms with Crippen molar-refractivity contribution in [1.82, 2.24) is 9.47 Å². The maximum atomic E-state index is 12.1. The molecule has 34 heavy (non-hydrogen) atoms. The maximum absolute atomic E-state index is 12.1. The smallest absolute Gasteiger partial charge is 0.320 e. The largest absolute Gasteiger partial charge is 0.480 e. The second-order valence-electron chi connectivity index (χ2n) is 8.83. The van der Waals surface area contributed by atoms with Gasteiger partial charge in [0.2, 0.25) is 0 Å². The number of aliphatic carboxylic acids is 3. The monoisotopic (exact) mass is 480 g/mol. The van der Waals surface area contributed by atoms with Gasteiger partial charge in [-0.1, -0.05) is 44.9 Å². The number of aromatic nitrogens is 1. The SMILES string of the molecule is O=C(O)CN(CC(=O)O)C(CCCCC(=O)CCCCCCCCCCn1cccc1)C(=O)O. The minimum absolute atomic E-state index is 0.106. The van der Waals surface area contributed by atoms with Crippen LogP contribution >= 0.6 is 0 Å². The zero-order valence-electron chi connectivity index (χ0n) is 20.1. The molecule has 0 aliphatic carbocycles. The molecule has 0 aliphatic rings. The van der Waals surface area contributed by atoms with E-state index >= 15 is 0 Å². The zero-order chi connectivity index (χ0) is 25.2. The third kappa shape index (κ3) is 14.5. The highest BCUT2D eigenvalue weighted by atomic mass is 16.4. The van der Waals surface area contributed by atoms with E-state index in [4.69, 9.17) is 10.2 Å². The average Bonchev–Trinajstić information content (AvgIpc) is 3.27. The molecule has 9 heteroatoms. The van der Waals surface area contributed by atoms with Crippen LogP contribution in [0.15, 0.2) is 24.5 Å². The molecule has 0 fully saturated rings. The molecule has 1 atom stereocenters. The first-order valence-corrected chi connectivity index (χ1v) is 12.3. The number of ketones is 1. The van der Waals surface area contributed by atoms with E-state index in [9.17, 15) is 24.3 Å². The molecule has 0 spiro atoms. The van der Waals surface area contributed by atoms with E-state index in [1.165, 1.54) is 32.1 Å². The fraction of sp³-hybridized carbons (Fsp3) is 0.680. The highest BCUT2D eigenvalue weighted by Gasteiger charge is 2.28. The van der Waals surface area contributed by atoms with Gasteiger partial charge in [-0.05, 0) is 37.8 Å². The summed E-state index contributed by atoms with van der Waals surface area (Å²) in [6, 6.07) is 2.89. The van der Waals surface area contributed by atoms with Gasteiger partial charge in [-0.15, -0.1) is 0 Å².